The van der Waals surface area contributed by atoms with Gasteiger partial charge >= 0.3 is 11.9 Å². The zero-order valence-electron chi connectivity index (χ0n) is 17.5. The molecule has 2 N–H and O–H groups in total. The van der Waals surface area contributed by atoms with E-state index in [0.29, 0.717) is 0 Å². The summed E-state index contributed by atoms with van der Waals surface area (Å²) in [6.07, 6.45) is -3.60. The standard InChI is InChI=1S/C24H18F3N5O2/c25-24(26,27)18-13-7-8-14-19(18)30-22-21(32(33)34)23(29-15-28-22)31-20(16-9-3-1-4-10-16)17-11-5-2-6-12-17/h1-15,20H,(H2,28,29,30,31). The molecule has 0 saturated heterocycles. The first-order chi connectivity index (χ1) is 16.3. The van der Waals surface area contributed by atoms with Crippen molar-refractivity contribution in [1.82, 2.24) is 9.97 Å². The first-order valence-corrected chi connectivity index (χ1v) is 10.1. The predicted molar refractivity (Wildman–Crippen MR) is 122 cm³/mol. The number of hydrogen-bond donors (Lipinski definition) is 2. The average molecular weight is 465 g/mol. The molecule has 0 bridgehead atoms. The molecule has 1 aromatic heterocycles. The van der Waals surface area contributed by atoms with Gasteiger partial charge in [-0.15, -0.1) is 0 Å². The maximum atomic E-state index is 13.4. The van der Waals surface area contributed by atoms with Crippen LogP contribution in [0.15, 0.2) is 91.3 Å². The Balaban J connectivity index is 1.77. The lowest BCUT2D eigenvalue weighted by Crippen LogP contribution is -2.16. The van der Waals surface area contributed by atoms with Crippen molar-refractivity contribution < 1.29 is 18.1 Å². The van der Waals surface area contributed by atoms with E-state index < -0.39 is 28.4 Å². The summed E-state index contributed by atoms with van der Waals surface area (Å²) in [7, 11) is 0. The summed E-state index contributed by atoms with van der Waals surface area (Å²) in [5.74, 6) is -0.497. The van der Waals surface area contributed by atoms with Crippen molar-refractivity contribution in [3.63, 3.8) is 0 Å². The van der Waals surface area contributed by atoms with Crippen LogP contribution in [0.3, 0.4) is 0 Å². The van der Waals surface area contributed by atoms with Crippen molar-refractivity contribution in [2.45, 2.75) is 12.2 Å². The highest BCUT2D eigenvalue weighted by molar-refractivity contribution is 5.75. The Morgan fingerprint density at radius 3 is 1.88 bits per heavy atom. The van der Waals surface area contributed by atoms with Gasteiger partial charge in [0.1, 0.15) is 6.33 Å². The van der Waals surface area contributed by atoms with Crippen molar-refractivity contribution in [2.75, 3.05) is 10.6 Å². The summed E-state index contributed by atoms with van der Waals surface area (Å²) in [6, 6.07) is 22.6. The molecular weight excluding hydrogens is 447 g/mol. The summed E-state index contributed by atoms with van der Waals surface area (Å²) in [6.45, 7) is 0. The van der Waals surface area contributed by atoms with E-state index in [0.717, 1.165) is 23.5 Å². The first kappa shape index (κ1) is 22.7. The van der Waals surface area contributed by atoms with Gasteiger partial charge in [0.15, 0.2) is 0 Å². The molecular formula is C24H18F3N5O2. The first-order valence-electron chi connectivity index (χ1n) is 10.1. The molecule has 0 saturated carbocycles. The van der Waals surface area contributed by atoms with Crippen LogP contribution in [0.1, 0.15) is 22.7 Å². The third-order valence-corrected chi connectivity index (χ3v) is 5.04. The molecule has 1 heterocycles. The van der Waals surface area contributed by atoms with Crippen molar-refractivity contribution >= 4 is 23.0 Å². The number of rotatable bonds is 7. The van der Waals surface area contributed by atoms with Crippen LogP contribution in [-0.4, -0.2) is 14.9 Å². The van der Waals surface area contributed by atoms with Crippen LogP contribution in [0.5, 0.6) is 0 Å². The summed E-state index contributed by atoms with van der Waals surface area (Å²) in [5, 5.41) is 17.5. The second-order valence-corrected chi connectivity index (χ2v) is 7.24. The van der Waals surface area contributed by atoms with Crippen LogP contribution in [0.4, 0.5) is 36.2 Å². The van der Waals surface area contributed by atoms with Crippen LogP contribution in [0.2, 0.25) is 0 Å². The molecule has 7 nitrogen and oxygen atoms in total. The number of hydrogen-bond acceptors (Lipinski definition) is 6. The van der Waals surface area contributed by atoms with Gasteiger partial charge in [-0.2, -0.15) is 13.2 Å². The second-order valence-electron chi connectivity index (χ2n) is 7.24. The van der Waals surface area contributed by atoms with Crippen molar-refractivity contribution in [3.05, 3.63) is 118 Å². The largest absolute Gasteiger partial charge is 0.418 e. The van der Waals surface area contributed by atoms with Crippen LogP contribution in [0.25, 0.3) is 0 Å². The molecule has 0 aliphatic carbocycles. The number of nitro groups is 1. The van der Waals surface area contributed by atoms with Gasteiger partial charge in [-0.1, -0.05) is 72.8 Å². The quantitative estimate of drug-likeness (QED) is 0.244. The van der Waals surface area contributed by atoms with E-state index in [1.54, 1.807) is 0 Å². The SMILES string of the molecule is O=[N+]([O-])c1c(Nc2ccccc2C(F)(F)F)ncnc1NC(c1ccccc1)c1ccccc1. The Hall–Kier alpha value is -4.47. The lowest BCUT2D eigenvalue weighted by Gasteiger charge is -2.21. The fourth-order valence-electron chi connectivity index (χ4n) is 3.50. The van der Waals surface area contributed by atoms with Gasteiger partial charge in [0.05, 0.1) is 22.2 Å². The van der Waals surface area contributed by atoms with E-state index in [-0.39, 0.29) is 17.3 Å². The van der Waals surface area contributed by atoms with Gasteiger partial charge in [0, 0.05) is 0 Å². The Kier molecular flexibility index (Phi) is 6.39. The highest BCUT2D eigenvalue weighted by Gasteiger charge is 2.34. The molecule has 0 spiro atoms. The number of nitrogens with one attached hydrogen (secondary N) is 2. The van der Waals surface area contributed by atoms with Crippen LogP contribution >= 0.6 is 0 Å². The number of halogens is 3. The van der Waals surface area contributed by atoms with Gasteiger partial charge < -0.3 is 10.6 Å². The smallest absolute Gasteiger partial charge is 0.353 e. The van der Waals surface area contributed by atoms with E-state index in [9.17, 15) is 23.3 Å². The zero-order valence-corrected chi connectivity index (χ0v) is 17.5. The Morgan fingerprint density at radius 2 is 1.32 bits per heavy atom. The average Bonchev–Trinajstić information content (AvgIpc) is 2.83. The summed E-state index contributed by atoms with van der Waals surface area (Å²) < 4.78 is 40.3. The van der Waals surface area contributed by atoms with Crippen molar-refractivity contribution in [3.8, 4) is 0 Å². The molecule has 0 fully saturated rings. The topological polar surface area (TPSA) is 93.0 Å². The van der Waals surface area contributed by atoms with Crippen molar-refractivity contribution in [1.29, 1.82) is 0 Å². The van der Waals surface area contributed by atoms with Gasteiger partial charge in [-0.25, -0.2) is 9.97 Å². The number of anilines is 3. The van der Waals surface area contributed by atoms with E-state index in [1.165, 1.54) is 18.2 Å². The van der Waals surface area contributed by atoms with Crippen LogP contribution < -0.4 is 10.6 Å². The minimum absolute atomic E-state index is 0.135. The molecule has 172 valence electrons. The highest BCUT2D eigenvalue weighted by atomic mass is 19.4. The zero-order chi connectivity index (χ0) is 24.1. The summed E-state index contributed by atoms with van der Waals surface area (Å²) >= 11 is 0. The lowest BCUT2D eigenvalue weighted by molar-refractivity contribution is -0.383. The molecule has 34 heavy (non-hydrogen) atoms. The summed E-state index contributed by atoms with van der Waals surface area (Å²) in [5.41, 5.74) is -0.261. The Labute approximate surface area is 192 Å². The van der Waals surface area contributed by atoms with E-state index >= 15 is 0 Å². The van der Waals surface area contributed by atoms with Gasteiger partial charge in [-0.05, 0) is 23.3 Å². The molecule has 4 aromatic rings. The molecule has 4 rings (SSSR count). The Bertz CT molecular complexity index is 1250. The minimum Gasteiger partial charge on any atom is -0.353 e. The third-order valence-electron chi connectivity index (χ3n) is 5.04. The lowest BCUT2D eigenvalue weighted by atomic mass is 9.99. The summed E-state index contributed by atoms with van der Waals surface area (Å²) in [4.78, 5) is 19.2. The number of aromatic nitrogens is 2. The number of para-hydroxylation sites is 1. The van der Waals surface area contributed by atoms with Gasteiger partial charge in [0.25, 0.3) is 0 Å². The molecule has 0 amide bonds. The van der Waals surface area contributed by atoms with Crippen LogP contribution in [-0.2, 0) is 6.18 Å². The molecule has 0 radical (unpaired) electrons. The monoisotopic (exact) mass is 465 g/mol. The second kappa shape index (κ2) is 9.57. The normalized spacial score (nSPS) is 11.3. The van der Waals surface area contributed by atoms with E-state index in [4.69, 9.17) is 0 Å². The van der Waals surface area contributed by atoms with Gasteiger partial charge in [-0.3, -0.25) is 10.1 Å². The van der Waals surface area contributed by atoms with Crippen LogP contribution in [0, 0.1) is 10.1 Å². The molecule has 10 heteroatoms. The van der Waals surface area contributed by atoms with Gasteiger partial charge in [0.2, 0.25) is 11.6 Å². The molecule has 0 aliphatic heterocycles. The molecule has 0 aliphatic rings. The fraction of sp³-hybridized carbons (Fsp3) is 0.0833. The fourth-order valence-corrected chi connectivity index (χ4v) is 3.50. The number of nitrogens with zero attached hydrogens (tertiary/aromatic N) is 3. The predicted octanol–water partition coefficient (Wildman–Crippen LogP) is 6.35. The maximum Gasteiger partial charge on any atom is 0.418 e. The molecule has 0 atom stereocenters. The minimum atomic E-state index is -4.65. The molecule has 0 unspecified atom stereocenters. The maximum absolute atomic E-state index is 13.4. The third kappa shape index (κ3) is 4.96. The van der Waals surface area contributed by atoms with Crippen molar-refractivity contribution in [2.24, 2.45) is 0 Å². The number of alkyl halides is 3. The van der Waals surface area contributed by atoms with E-state index in [2.05, 4.69) is 20.6 Å². The Morgan fingerprint density at radius 1 is 0.794 bits per heavy atom. The molecule has 3 aromatic carbocycles. The van der Waals surface area contributed by atoms with E-state index in [1.807, 2.05) is 60.7 Å². The highest BCUT2D eigenvalue weighted by Crippen LogP contribution is 2.39. The number of benzene rings is 3.